The minimum absolute atomic E-state index is 0.0357. The number of rotatable bonds is 3. The Morgan fingerprint density at radius 3 is 2.57 bits per heavy atom. The Hall–Kier alpha value is -2.04. The lowest BCUT2D eigenvalue weighted by molar-refractivity contribution is -0.147. The maximum Gasteiger partial charge on any atom is 0.329 e. The number of likely N-dealkylation sites (N-methyl/N-ethyl adjacent to an activating group) is 1. The van der Waals surface area contributed by atoms with Crippen LogP contribution in [0.1, 0.15) is 33.3 Å². The molecule has 2 rings (SSSR count). The van der Waals surface area contributed by atoms with Gasteiger partial charge in [0.15, 0.2) is 0 Å². The van der Waals surface area contributed by atoms with E-state index in [0.717, 1.165) is 17.7 Å². The molecule has 1 aliphatic heterocycles. The zero-order chi connectivity index (χ0) is 15.8. The maximum atomic E-state index is 12.9. The van der Waals surface area contributed by atoms with Crippen molar-refractivity contribution >= 4 is 17.7 Å². The van der Waals surface area contributed by atoms with Crippen LogP contribution in [0.3, 0.4) is 0 Å². The fourth-order valence-corrected chi connectivity index (χ4v) is 2.87. The molecule has 5 heteroatoms. The number of hydrogen-bond donors (Lipinski definition) is 1. The van der Waals surface area contributed by atoms with Crippen molar-refractivity contribution in [1.29, 1.82) is 0 Å². The Kier molecular flexibility index (Phi) is 3.94. The quantitative estimate of drug-likeness (QED) is 0.931. The number of carbonyl (C=O) groups is 2. The summed E-state index contributed by atoms with van der Waals surface area (Å²) in [6.07, 6.45) is 0.799. The highest BCUT2D eigenvalue weighted by Crippen LogP contribution is 2.33. The molecule has 0 spiro atoms. The number of para-hydroxylation sites is 1. The van der Waals surface area contributed by atoms with E-state index in [0.29, 0.717) is 6.54 Å². The average molecular weight is 290 g/mol. The molecule has 21 heavy (non-hydrogen) atoms. The topological polar surface area (TPSA) is 60.9 Å². The fraction of sp³-hybridized carbons (Fsp3) is 0.500. The van der Waals surface area contributed by atoms with Crippen LogP contribution in [0.25, 0.3) is 0 Å². The molecule has 1 unspecified atom stereocenters. The summed E-state index contributed by atoms with van der Waals surface area (Å²) in [6, 6.07) is 7.57. The number of anilines is 1. The average Bonchev–Trinajstić information content (AvgIpc) is 2.74. The molecule has 0 aromatic heterocycles. The second-order valence-electron chi connectivity index (χ2n) is 5.94. The Bertz CT molecular complexity index is 568. The van der Waals surface area contributed by atoms with Gasteiger partial charge in [-0.25, -0.2) is 9.59 Å². The van der Waals surface area contributed by atoms with Crippen molar-refractivity contribution in [2.45, 2.75) is 45.7 Å². The molecule has 1 aromatic rings. The summed E-state index contributed by atoms with van der Waals surface area (Å²) >= 11 is 0. The van der Waals surface area contributed by atoms with E-state index in [4.69, 9.17) is 0 Å². The van der Waals surface area contributed by atoms with Gasteiger partial charge in [0, 0.05) is 18.3 Å². The lowest BCUT2D eigenvalue weighted by Gasteiger charge is -2.38. The van der Waals surface area contributed by atoms with Crippen LogP contribution in [0.5, 0.6) is 0 Å². The van der Waals surface area contributed by atoms with Gasteiger partial charge < -0.3 is 10.0 Å². The highest BCUT2D eigenvalue weighted by atomic mass is 16.4. The zero-order valence-corrected chi connectivity index (χ0v) is 13.0. The molecule has 1 heterocycles. The monoisotopic (exact) mass is 290 g/mol. The van der Waals surface area contributed by atoms with E-state index in [-0.39, 0.29) is 12.1 Å². The van der Waals surface area contributed by atoms with E-state index < -0.39 is 11.5 Å². The number of carboxylic acids is 1. The van der Waals surface area contributed by atoms with Crippen LogP contribution in [-0.4, -0.2) is 40.1 Å². The van der Waals surface area contributed by atoms with Crippen LogP contribution >= 0.6 is 0 Å². The Balaban J connectivity index is 2.37. The van der Waals surface area contributed by atoms with E-state index in [1.807, 2.05) is 31.2 Å². The van der Waals surface area contributed by atoms with Gasteiger partial charge in [0.05, 0.1) is 0 Å². The first-order valence-corrected chi connectivity index (χ1v) is 7.22. The second-order valence-corrected chi connectivity index (χ2v) is 5.94. The molecule has 1 aliphatic rings. The normalized spacial score (nSPS) is 17.5. The predicted octanol–water partition coefficient (Wildman–Crippen LogP) is 2.74. The molecule has 0 aliphatic carbocycles. The third-order valence-corrected chi connectivity index (χ3v) is 4.16. The first-order chi connectivity index (χ1) is 9.80. The van der Waals surface area contributed by atoms with E-state index in [1.54, 1.807) is 25.7 Å². The molecule has 1 aromatic carbocycles. The molecule has 5 nitrogen and oxygen atoms in total. The van der Waals surface area contributed by atoms with Gasteiger partial charge in [-0.2, -0.15) is 0 Å². The Labute approximate surface area is 125 Å². The van der Waals surface area contributed by atoms with Gasteiger partial charge in [0.2, 0.25) is 0 Å². The molecule has 0 bridgehead atoms. The Morgan fingerprint density at radius 1 is 1.38 bits per heavy atom. The molecule has 2 amide bonds. The highest BCUT2D eigenvalue weighted by molar-refractivity contribution is 5.97. The van der Waals surface area contributed by atoms with Crippen molar-refractivity contribution in [3.8, 4) is 0 Å². The fourth-order valence-electron chi connectivity index (χ4n) is 2.87. The van der Waals surface area contributed by atoms with Gasteiger partial charge in [-0.3, -0.25) is 4.90 Å². The van der Waals surface area contributed by atoms with Crippen molar-refractivity contribution in [1.82, 2.24) is 4.90 Å². The van der Waals surface area contributed by atoms with Crippen LogP contribution in [-0.2, 0) is 11.2 Å². The summed E-state index contributed by atoms with van der Waals surface area (Å²) in [7, 11) is 0. The summed E-state index contributed by atoms with van der Waals surface area (Å²) in [6.45, 7) is 7.25. The minimum Gasteiger partial charge on any atom is -0.480 e. The van der Waals surface area contributed by atoms with Crippen molar-refractivity contribution < 1.29 is 14.7 Å². The number of amides is 2. The molecule has 0 saturated heterocycles. The molecular formula is C16H22N2O3. The van der Waals surface area contributed by atoms with E-state index in [1.165, 1.54) is 4.90 Å². The standard InChI is InChI=1S/C16H22N2O3/c1-5-17(16(3,4)14(19)20)15(21)18-11(2)10-12-8-6-7-9-13(12)18/h6-9,11H,5,10H2,1-4H3,(H,19,20). The smallest absolute Gasteiger partial charge is 0.329 e. The van der Waals surface area contributed by atoms with Crippen molar-refractivity contribution in [2.75, 3.05) is 11.4 Å². The second kappa shape index (κ2) is 5.39. The SMILES string of the molecule is CCN(C(=O)N1c2ccccc2CC1C)C(C)(C)C(=O)O. The van der Waals surface area contributed by atoms with Crippen molar-refractivity contribution in [3.05, 3.63) is 29.8 Å². The molecule has 1 atom stereocenters. The van der Waals surface area contributed by atoms with Gasteiger partial charge in [-0.1, -0.05) is 18.2 Å². The van der Waals surface area contributed by atoms with Crippen LogP contribution in [0.2, 0.25) is 0 Å². The summed E-state index contributed by atoms with van der Waals surface area (Å²) in [5.74, 6) is -1.00. The van der Waals surface area contributed by atoms with Crippen LogP contribution < -0.4 is 4.90 Å². The highest BCUT2D eigenvalue weighted by Gasteiger charge is 2.42. The molecule has 0 saturated carbocycles. The lowest BCUT2D eigenvalue weighted by Crippen LogP contribution is -2.58. The number of carboxylic acid groups (broad SMARTS) is 1. The van der Waals surface area contributed by atoms with Crippen LogP contribution in [0.4, 0.5) is 10.5 Å². The van der Waals surface area contributed by atoms with Crippen LogP contribution in [0, 0.1) is 0 Å². The predicted molar refractivity (Wildman–Crippen MR) is 81.6 cm³/mol. The van der Waals surface area contributed by atoms with Gasteiger partial charge in [-0.05, 0) is 45.7 Å². The van der Waals surface area contributed by atoms with Gasteiger partial charge in [0.25, 0.3) is 0 Å². The number of hydrogen-bond acceptors (Lipinski definition) is 2. The van der Waals surface area contributed by atoms with Gasteiger partial charge in [-0.15, -0.1) is 0 Å². The summed E-state index contributed by atoms with van der Waals surface area (Å²) < 4.78 is 0. The number of benzene rings is 1. The molecule has 114 valence electrons. The number of aliphatic carboxylic acids is 1. The first kappa shape index (κ1) is 15.4. The lowest BCUT2D eigenvalue weighted by atomic mass is 10.0. The van der Waals surface area contributed by atoms with Crippen molar-refractivity contribution in [3.63, 3.8) is 0 Å². The van der Waals surface area contributed by atoms with E-state index in [9.17, 15) is 14.7 Å². The maximum absolute atomic E-state index is 12.9. The molecule has 0 fully saturated rings. The summed E-state index contributed by atoms with van der Waals surface area (Å²) in [4.78, 5) is 27.5. The van der Waals surface area contributed by atoms with E-state index in [2.05, 4.69) is 0 Å². The molecule has 1 N–H and O–H groups in total. The van der Waals surface area contributed by atoms with E-state index >= 15 is 0 Å². The summed E-state index contributed by atoms with van der Waals surface area (Å²) in [5, 5.41) is 9.38. The van der Waals surface area contributed by atoms with Crippen molar-refractivity contribution in [2.24, 2.45) is 0 Å². The first-order valence-electron chi connectivity index (χ1n) is 7.22. The number of carbonyl (C=O) groups excluding carboxylic acids is 1. The third-order valence-electron chi connectivity index (χ3n) is 4.16. The van der Waals surface area contributed by atoms with Gasteiger partial charge >= 0.3 is 12.0 Å². The molecule has 0 radical (unpaired) electrons. The summed E-state index contributed by atoms with van der Waals surface area (Å²) in [5.41, 5.74) is 0.778. The largest absolute Gasteiger partial charge is 0.480 e. The number of nitrogens with zero attached hydrogens (tertiary/aromatic N) is 2. The minimum atomic E-state index is -1.23. The molecular weight excluding hydrogens is 268 g/mol. The zero-order valence-electron chi connectivity index (χ0n) is 13.0. The van der Waals surface area contributed by atoms with Gasteiger partial charge in [0.1, 0.15) is 5.54 Å². The number of urea groups is 1. The van der Waals surface area contributed by atoms with Crippen LogP contribution in [0.15, 0.2) is 24.3 Å². The third kappa shape index (κ3) is 2.48. The number of fused-ring (bicyclic) bond motifs is 1. The Morgan fingerprint density at radius 2 is 2.00 bits per heavy atom.